The molecule has 0 unspecified atom stereocenters. The van der Waals surface area contributed by atoms with Gasteiger partial charge in [0.1, 0.15) is 5.82 Å². The average Bonchev–Trinajstić information content (AvgIpc) is 3.32. The van der Waals surface area contributed by atoms with E-state index in [1.165, 1.54) is 4.90 Å². The highest BCUT2D eigenvalue weighted by Gasteiger charge is 2.18. The first-order valence-corrected chi connectivity index (χ1v) is 13.9. The number of aliphatic hydroxyl groups is 1. The third kappa shape index (κ3) is 5.62. The quantitative estimate of drug-likeness (QED) is 0.250. The molecule has 0 atom stereocenters. The number of nitrogens with one attached hydrogen (secondary N) is 1. The van der Waals surface area contributed by atoms with E-state index in [0.717, 1.165) is 76.3 Å². The van der Waals surface area contributed by atoms with Crippen molar-refractivity contribution in [2.24, 2.45) is 0 Å². The summed E-state index contributed by atoms with van der Waals surface area (Å²) in [5.41, 5.74) is 4.20. The van der Waals surface area contributed by atoms with E-state index < -0.39 is 5.60 Å². The zero-order chi connectivity index (χ0) is 27.0. The zero-order valence-electron chi connectivity index (χ0n) is 22.4. The maximum absolute atomic E-state index is 10.3. The summed E-state index contributed by atoms with van der Waals surface area (Å²) in [6.45, 7) is 9.57. The van der Waals surface area contributed by atoms with Crippen LogP contribution in [0.2, 0.25) is 0 Å². The Morgan fingerprint density at radius 3 is 2.56 bits per heavy atom. The number of hydrogen-bond donors (Lipinski definition) is 2. The van der Waals surface area contributed by atoms with Gasteiger partial charge in [0.25, 0.3) is 0 Å². The van der Waals surface area contributed by atoms with Gasteiger partial charge in [-0.15, -0.1) is 0 Å². The van der Waals surface area contributed by atoms with E-state index in [4.69, 9.17) is 9.72 Å². The van der Waals surface area contributed by atoms with Gasteiger partial charge in [-0.2, -0.15) is 5.10 Å². The molecule has 9 heteroatoms. The summed E-state index contributed by atoms with van der Waals surface area (Å²) in [5.74, 6) is 0.766. The van der Waals surface area contributed by atoms with Crippen molar-refractivity contribution in [3.05, 3.63) is 72.7 Å². The second kappa shape index (κ2) is 10.6. The maximum atomic E-state index is 10.3. The van der Waals surface area contributed by atoms with E-state index in [-0.39, 0.29) is 0 Å². The van der Waals surface area contributed by atoms with Gasteiger partial charge in [0.2, 0.25) is 0 Å². The summed E-state index contributed by atoms with van der Waals surface area (Å²) < 4.78 is 9.64. The SMILES string of the molecule is Cc1c(-c2nccc3cnc(Nc4ccc(SN5CCOCC5)cc4)cc23)ccc2c1cnn2CC(C)(C)O. The van der Waals surface area contributed by atoms with Crippen LogP contribution in [0.1, 0.15) is 19.4 Å². The molecule has 6 rings (SSSR count). The number of benzene rings is 2. The summed E-state index contributed by atoms with van der Waals surface area (Å²) in [7, 11) is 0. The van der Waals surface area contributed by atoms with E-state index in [9.17, 15) is 5.11 Å². The predicted molar refractivity (Wildman–Crippen MR) is 157 cm³/mol. The minimum Gasteiger partial charge on any atom is -0.389 e. The lowest BCUT2D eigenvalue weighted by Crippen LogP contribution is -2.30. The van der Waals surface area contributed by atoms with E-state index in [1.54, 1.807) is 25.8 Å². The Bertz CT molecular complexity index is 1620. The first-order chi connectivity index (χ1) is 18.8. The highest BCUT2D eigenvalue weighted by molar-refractivity contribution is 7.97. The maximum Gasteiger partial charge on any atom is 0.130 e. The summed E-state index contributed by atoms with van der Waals surface area (Å²) in [5, 5.41) is 21.4. The molecule has 1 aliphatic heterocycles. The highest BCUT2D eigenvalue weighted by Crippen LogP contribution is 2.34. The smallest absolute Gasteiger partial charge is 0.130 e. The van der Waals surface area contributed by atoms with Gasteiger partial charge in [-0.05, 0) is 80.7 Å². The molecule has 200 valence electrons. The number of anilines is 2. The number of rotatable bonds is 7. The number of morpholine rings is 1. The molecule has 0 bridgehead atoms. The Kier molecular flexibility index (Phi) is 6.99. The lowest BCUT2D eigenvalue weighted by Gasteiger charge is -2.25. The first-order valence-electron chi connectivity index (χ1n) is 13.1. The van der Waals surface area contributed by atoms with Gasteiger partial charge in [-0.1, -0.05) is 6.07 Å². The fourth-order valence-electron chi connectivity index (χ4n) is 4.92. The average molecular weight is 541 g/mol. The second-order valence-corrected chi connectivity index (χ2v) is 11.7. The number of pyridine rings is 2. The van der Waals surface area contributed by atoms with E-state index >= 15 is 0 Å². The Hall–Kier alpha value is -3.50. The van der Waals surface area contributed by atoms with Crippen molar-refractivity contribution in [1.29, 1.82) is 0 Å². The van der Waals surface area contributed by atoms with Crippen molar-refractivity contribution in [2.45, 2.75) is 37.8 Å². The Morgan fingerprint density at radius 1 is 1.00 bits per heavy atom. The van der Waals surface area contributed by atoms with Crippen LogP contribution in [0, 0.1) is 6.92 Å². The molecule has 0 saturated carbocycles. The van der Waals surface area contributed by atoms with Crippen molar-refractivity contribution in [3.63, 3.8) is 0 Å². The molecule has 1 aliphatic rings. The summed E-state index contributed by atoms with van der Waals surface area (Å²) in [4.78, 5) is 10.7. The van der Waals surface area contributed by atoms with E-state index in [0.29, 0.717) is 6.54 Å². The van der Waals surface area contributed by atoms with Gasteiger partial charge in [0, 0.05) is 57.8 Å². The van der Waals surface area contributed by atoms with Crippen LogP contribution in [0.25, 0.3) is 32.9 Å². The molecule has 1 fully saturated rings. The van der Waals surface area contributed by atoms with Gasteiger partial charge >= 0.3 is 0 Å². The topological polar surface area (TPSA) is 88.3 Å². The molecule has 0 amide bonds. The molecule has 0 spiro atoms. The third-order valence-electron chi connectivity index (χ3n) is 6.87. The normalized spacial score (nSPS) is 14.8. The van der Waals surface area contributed by atoms with Crippen molar-refractivity contribution < 1.29 is 9.84 Å². The number of fused-ring (bicyclic) bond motifs is 2. The third-order valence-corrected chi connectivity index (χ3v) is 7.97. The summed E-state index contributed by atoms with van der Waals surface area (Å²) in [6, 6.07) is 16.6. The van der Waals surface area contributed by atoms with Crippen molar-refractivity contribution >= 4 is 45.1 Å². The zero-order valence-corrected chi connectivity index (χ0v) is 23.2. The molecule has 3 aromatic heterocycles. The van der Waals surface area contributed by atoms with Crippen molar-refractivity contribution in [2.75, 3.05) is 31.6 Å². The Morgan fingerprint density at radius 2 is 1.79 bits per heavy atom. The number of aryl methyl sites for hydroxylation is 1. The van der Waals surface area contributed by atoms with Crippen LogP contribution in [0.3, 0.4) is 0 Å². The lowest BCUT2D eigenvalue weighted by molar-refractivity contribution is 0.0591. The molecule has 1 saturated heterocycles. The van der Waals surface area contributed by atoms with Crippen LogP contribution in [0.5, 0.6) is 0 Å². The lowest BCUT2D eigenvalue weighted by atomic mass is 9.98. The number of aromatic nitrogens is 4. The van der Waals surface area contributed by atoms with Crippen LogP contribution >= 0.6 is 11.9 Å². The van der Waals surface area contributed by atoms with Gasteiger partial charge < -0.3 is 15.2 Å². The van der Waals surface area contributed by atoms with Crippen molar-refractivity contribution in [3.8, 4) is 11.3 Å². The van der Waals surface area contributed by atoms with Gasteiger partial charge in [0.15, 0.2) is 0 Å². The fraction of sp³-hybridized carbons (Fsp3) is 0.300. The molecule has 8 nitrogen and oxygen atoms in total. The van der Waals surface area contributed by atoms with Gasteiger partial charge in [0.05, 0.1) is 42.8 Å². The van der Waals surface area contributed by atoms with E-state index in [1.807, 2.05) is 29.3 Å². The van der Waals surface area contributed by atoms with Gasteiger partial charge in [-0.3, -0.25) is 9.67 Å². The molecule has 2 N–H and O–H groups in total. The Labute approximate surface area is 232 Å². The van der Waals surface area contributed by atoms with Crippen molar-refractivity contribution in [1.82, 2.24) is 24.1 Å². The molecule has 2 aromatic carbocycles. The summed E-state index contributed by atoms with van der Waals surface area (Å²) >= 11 is 1.77. The minimum atomic E-state index is -0.846. The molecular weight excluding hydrogens is 508 g/mol. The van der Waals surface area contributed by atoms with Crippen LogP contribution in [-0.2, 0) is 11.3 Å². The molecule has 0 radical (unpaired) electrons. The van der Waals surface area contributed by atoms with Crippen LogP contribution in [-0.4, -0.2) is 61.1 Å². The number of nitrogens with zero attached hydrogens (tertiary/aromatic N) is 5. The van der Waals surface area contributed by atoms with Crippen LogP contribution in [0.15, 0.2) is 72.0 Å². The highest BCUT2D eigenvalue weighted by atomic mass is 32.2. The first kappa shape index (κ1) is 25.8. The van der Waals surface area contributed by atoms with E-state index in [2.05, 4.69) is 69.1 Å². The van der Waals surface area contributed by atoms with Crippen LogP contribution in [0.4, 0.5) is 11.5 Å². The van der Waals surface area contributed by atoms with Gasteiger partial charge in [-0.25, -0.2) is 9.29 Å². The Balaban J connectivity index is 1.28. The summed E-state index contributed by atoms with van der Waals surface area (Å²) in [6.07, 6.45) is 5.60. The second-order valence-electron chi connectivity index (χ2n) is 10.5. The standard InChI is InChI=1S/C30H32N6O2S/c1-20-24(8-9-27-26(20)18-33-36(27)19-30(2,3)37)29-25-16-28(32-17-21(25)10-11-31-29)34-22-4-6-23(7-5-22)39-35-12-14-38-15-13-35/h4-11,16-18,37H,12-15,19H2,1-3H3,(H,32,34). The largest absolute Gasteiger partial charge is 0.389 e. The molecule has 0 aliphatic carbocycles. The predicted octanol–water partition coefficient (Wildman–Crippen LogP) is 5.81. The molecular formula is C30H32N6O2S. The minimum absolute atomic E-state index is 0.426. The fourth-order valence-corrected chi connectivity index (χ4v) is 5.81. The molecule has 4 heterocycles. The molecule has 5 aromatic rings. The monoisotopic (exact) mass is 540 g/mol. The van der Waals surface area contributed by atoms with Crippen LogP contribution < -0.4 is 5.32 Å². The number of hydrogen-bond acceptors (Lipinski definition) is 8. The number of ether oxygens (including phenoxy) is 1. The molecule has 39 heavy (non-hydrogen) atoms.